The van der Waals surface area contributed by atoms with Gasteiger partial charge in [0.05, 0.1) is 19.2 Å². The normalized spacial score (nSPS) is 9.77. The fourth-order valence-corrected chi connectivity index (χ4v) is 1.26. The van der Waals surface area contributed by atoms with Crippen LogP contribution in [0, 0.1) is 9.52 Å². The third-order valence-corrected chi connectivity index (χ3v) is 2.02. The van der Waals surface area contributed by atoms with Gasteiger partial charge in [0, 0.05) is 0 Å². The van der Waals surface area contributed by atoms with E-state index < -0.39 is 11.8 Å². The second kappa shape index (κ2) is 4.50. The molecule has 1 aromatic rings. The summed E-state index contributed by atoms with van der Waals surface area (Å²) < 4.78 is 18.0. The number of rotatable bonds is 2. The van der Waals surface area contributed by atoms with Crippen LogP contribution in [0.1, 0.15) is 5.69 Å². The van der Waals surface area contributed by atoms with Crippen LogP contribution in [0.2, 0.25) is 0 Å². The minimum Gasteiger partial charge on any atom is -0.469 e. The highest BCUT2D eigenvalue weighted by Crippen LogP contribution is 2.08. The minimum absolute atomic E-state index is 0.124. The average Bonchev–Trinajstić information content (AvgIpc) is 2.11. The lowest BCUT2D eigenvalue weighted by molar-refractivity contribution is -0.139. The molecule has 0 radical (unpaired) electrons. The maximum Gasteiger partial charge on any atom is 0.311 e. The Balaban J connectivity index is 2.87. The molecule has 0 N–H and O–H groups in total. The van der Waals surface area contributed by atoms with E-state index in [1.165, 1.54) is 19.2 Å². The van der Waals surface area contributed by atoms with E-state index in [0.717, 1.165) is 0 Å². The molecule has 0 bridgehead atoms. The van der Waals surface area contributed by atoms with Gasteiger partial charge in [0.15, 0.2) is 0 Å². The molecular formula is C8H7FINO2. The molecule has 13 heavy (non-hydrogen) atoms. The van der Waals surface area contributed by atoms with Crippen molar-refractivity contribution >= 4 is 28.6 Å². The zero-order valence-electron chi connectivity index (χ0n) is 6.88. The molecule has 0 spiro atoms. The van der Waals surface area contributed by atoms with Gasteiger partial charge in [0.2, 0.25) is 0 Å². The van der Waals surface area contributed by atoms with Crippen molar-refractivity contribution in [2.45, 2.75) is 6.42 Å². The number of nitrogens with zero attached hydrogens (tertiary/aromatic N) is 1. The smallest absolute Gasteiger partial charge is 0.311 e. The number of pyridine rings is 1. The maximum absolute atomic E-state index is 13.0. The predicted octanol–water partition coefficient (Wildman–Crippen LogP) is 1.54. The lowest BCUT2D eigenvalue weighted by Crippen LogP contribution is -2.08. The van der Waals surface area contributed by atoms with E-state index in [4.69, 9.17) is 0 Å². The van der Waals surface area contributed by atoms with Crippen LogP contribution in [-0.4, -0.2) is 18.1 Å². The van der Waals surface area contributed by atoms with Crippen LogP contribution >= 0.6 is 22.6 Å². The van der Waals surface area contributed by atoms with Crippen molar-refractivity contribution in [3.05, 3.63) is 27.3 Å². The summed E-state index contributed by atoms with van der Waals surface area (Å²) in [7, 11) is 1.26. The van der Waals surface area contributed by atoms with Crippen LogP contribution in [0.15, 0.2) is 12.1 Å². The Labute approximate surface area is 88.4 Å². The van der Waals surface area contributed by atoms with Crippen molar-refractivity contribution in [1.82, 2.24) is 4.98 Å². The van der Waals surface area contributed by atoms with Gasteiger partial charge in [-0.2, -0.15) is 0 Å². The average molecular weight is 295 g/mol. The summed E-state index contributed by atoms with van der Waals surface area (Å²) in [5.41, 5.74) is 0.124. The fourth-order valence-electron chi connectivity index (χ4n) is 0.791. The van der Waals surface area contributed by atoms with Gasteiger partial charge in [-0.15, -0.1) is 0 Å². The van der Waals surface area contributed by atoms with E-state index in [0.29, 0.717) is 3.70 Å². The van der Waals surface area contributed by atoms with Gasteiger partial charge < -0.3 is 4.74 Å². The van der Waals surface area contributed by atoms with Gasteiger partial charge in [-0.05, 0) is 34.7 Å². The summed E-state index contributed by atoms with van der Waals surface area (Å²) in [5.74, 6) is -0.973. The van der Waals surface area contributed by atoms with Gasteiger partial charge in [0.25, 0.3) is 0 Å². The molecule has 0 unspecified atom stereocenters. The Bertz CT molecular complexity index is 330. The molecular weight excluding hydrogens is 288 g/mol. The van der Waals surface area contributed by atoms with Crippen molar-refractivity contribution in [2.24, 2.45) is 0 Å². The lowest BCUT2D eigenvalue weighted by atomic mass is 10.2. The van der Waals surface area contributed by atoms with Crippen LogP contribution in [0.5, 0.6) is 0 Å². The predicted molar refractivity (Wildman–Crippen MR) is 52.6 cm³/mol. The Morgan fingerprint density at radius 1 is 1.69 bits per heavy atom. The highest BCUT2D eigenvalue weighted by atomic mass is 127. The quantitative estimate of drug-likeness (QED) is 0.472. The Hall–Kier alpha value is -0.720. The van der Waals surface area contributed by atoms with Gasteiger partial charge in [-0.3, -0.25) is 4.79 Å². The molecule has 1 rings (SSSR count). The molecule has 0 saturated carbocycles. The molecule has 70 valence electrons. The Morgan fingerprint density at radius 3 is 3.00 bits per heavy atom. The standard InChI is InChI=1S/C8H7FINO2/c1-13-8(12)4-6-5(9)2-3-7(10)11-6/h2-3H,4H2,1H3. The summed E-state index contributed by atoms with van der Waals surface area (Å²) in [6, 6.07) is 2.82. The van der Waals surface area contributed by atoms with E-state index in [1.54, 1.807) is 0 Å². The van der Waals surface area contributed by atoms with E-state index in [9.17, 15) is 9.18 Å². The van der Waals surface area contributed by atoms with Crippen molar-refractivity contribution in [2.75, 3.05) is 7.11 Å². The number of carbonyl (C=O) groups excluding carboxylic acids is 1. The number of carbonyl (C=O) groups is 1. The van der Waals surface area contributed by atoms with Gasteiger partial charge in [-0.25, -0.2) is 9.37 Å². The summed E-state index contributed by atoms with van der Waals surface area (Å²) in [6.45, 7) is 0. The molecule has 0 fully saturated rings. The zero-order valence-corrected chi connectivity index (χ0v) is 9.04. The molecule has 0 aliphatic rings. The van der Waals surface area contributed by atoms with Crippen LogP contribution < -0.4 is 0 Å². The number of esters is 1. The SMILES string of the molecule is COC(=O)Cc1nc(I)ccc1F. The first-order chi connectivity index (χ1) is 6.13. The van der Waals surface area contributed by atoms with Crippen LogP contribution in [0.4, 0.5) is 4.39 Å². The molecule has 0 saturated heterocycles. The molecule has 0 atom stereocenters. The molecule has 0 aliphatic heterocycles. The lowest BCUT2D eigenvalue weighted by Gasteiger charge is -2.00. The third kappa shape index (κ3) is 2.91. The molecule has 1 aromatic heterocycles. The molecule has 0 aliphatic carbocycles. The monoisotopic (exact) mass is 295 g/mol. The summed E-state index contributed by atoms with van der Waals surface area (Å²) >= 11 is 1.95. The number of hydrogen-bond donors (Lipinski definition) is 0. The van der Waals surface area contributed by atoms with E-state index in [1.807, 2.05) is 22.6 Å². The highest BCUT2D eigenvalue weighted by molar-refractivity contribution is 14.1. The van der Waals surface area contributed by atoms with Crippen molar-refractivity contribution in [3.63, 3.8) is 0 Å². The van der Waals surface area contributed by atoms with E-state index in [2.05, 4.69) is 9.72 Å². The van der Waals surface area contributed by atoms with Gasteiger partial charge >= 0.3 is 5.97 Å². The number of aromatic nitrogens is 1. The third-order valence-electron chi connectivity index (χ3n) is 1.42. The summed E-state index contributed by atoms with van der Waals surface area (Å²) in [5, 5.41) is 0. The maximum atomic E-state index is 13.0. The summed E-state index contributed by atoms with van der Waals surface area (Å²) in [6.07, 6.45) is -0.126. The number of hydrogen-bond acceptors (Lipinski definition) is 3. The Morgan fingerprint density at radius 2 is 2.38 bits per heavy atom. The number of methoxy groups -OCH3 is 1. The first-order valence-corrected chi connectivity index (χ1v) is 4.59. The fraction of sp³-hybridized carbons (Fsp3) is 0.250. The second-order valence-electron chi connectivity index (χ2n) is 2.32. The molecule has 0 amide bonds. The zero-order chi connectivity index (χ0) is 9.84. The van der Waals surface area contributed by atoms with Crippen LogP contribution in [0.3, 0.4) is 0 Å². The highest BCUT2D eigenvalue weighted by Gasteiger charge is 2.09. The van der Waals surface area contributed by atoms with Crippen molar-refractivity contribution in [3.8, 4) is 0 Å². The molecule has 3 nitrogen and oxygen atoms in total. The molecule has 1 heterocycles. The van der Waals surface area contributed by atoms with Gasteiger partial charge in [0.1, 0.15) is 9.52 Å². The minimum atomic E-state index is -0.492. The van der Waals surface area contributed by atoms with E-state index >= 15 is 0 Å². The topological polar surface area (TPSA) is 39.2 Å². The number of halogens is 2. The second-order valence-corrected chi connectivity index (χ2v) is 3.42. The van der Waals surface area contributed by atoms with Crippen molar-refractivity contribution < 1.29 is 13.9 Å². The molecule has 5 heteroatoms. The van der Waals surface area contributed by atoms with Gasteiger partial charge in [-0.1, -0.05) is 0 Å². The summed E-state index contributed by atoms with van der Waals surface area (Å²) in [4.78, 5) is 14.7. The Kier molecular flexibility index (Phi) is 3.58. The molecule has 0 aromatic carbocycles. The first kappa shape index (κ1) is 10.4. The van der Waals surface area contributed by atoms with Crippen molar-refractivity contribution in [1.29, 1.82) is 0 Å². The van der Waals surface area contributed by atoms with Crippen LogP contribution in [-0.2, 0) is 16.0 Å². The van der Waals surface area contributed by atoms with E-state index in [-0.39, 0.29) is 12.1 Å². The van der Waals surface area contributed by atoms with Crippen LogP contribution in [0.25, 0.3) is 0 Å². The number of ether oxygens (including phenoxy) is 1. The first-order valence-electron chi connectivity index (χ1n) is 3.51. The largest absolute Gasteiger partial charge is 0.469 e.